The van der Waals surface area contributed by atoms with Gasteiger partial charge in [-0.3, -0.25) is 9.25 Å². The predicted octanol–water partition coefficient (Wildman–Crippen LogP) is 2.67. The number of nitrogens with two attached hydrogens (primary N) is 1. The molecule has 0 aliphatic heterocycles. The summed E-state index contributed by atoms with van der Waals surface area (Å²) in [5, 5.41) is 4.56. The van der Waals surface area contributed by atoms with Crippen LogP contribution in [0.25, 0.3) is 11.2 Å². The monoisotopic (exact) mass is 261 g/mol. The number of hydrogen-bond acceptors (Lipinski definition) is 3. The smallest absolute Gasteiger partial charge is 0.202 e. The minimum atomic E-state index is 0.480. The first-order chi connectivity index (χ1) is 9.11. The zero-order valence-electron chi connectivity index (χ0n) is 12.1. The Kier molecular flexibility index (Phi) is 2.99. The number of aryl methyl sites for hydroxylation is 2. The van der Waals surface area contributed by atoms with Crippen molar-refractivity contribution < 1.29 is 0 Å². The van der Waals surface area contributed by atoms with Crippen molar-refractivity contribution in [2.24, 2.45) is 13.0 Å². The third kappa shape index (κ3) is 1.91. The lowest BCUT2D eigenvalue weighted by Crippen LogP contribution is -2.20. The lowest BCUT2D eigenvalue weighted by Gasteiger charge is -2.28. The maximum Gasteiger partial charge on any atom is 0.202 e. The second-order valence-corrected chi connectivity index (χ2v) is 5.86. The Morgan fingerprint density at radius 1 is 1.37 bits per heavy atom. The highest BCUT2D eigenvalue weighted by atomic mass is 15.4. The maximum absolute atomic E-state index is 6.18. The van der Waals surface area contributed by atoms with E-state index in [1.54, 1.807) is 0 Å². The topological polar surface area (TPSA) is 61.7 Å². The molecule has 104 valence electrons. The summed E-state index contributed by atoms with van der Waals surface area (Å²) in [6.07, 6.45) is 5.91. The molecule has 1 saturated carbocycles. The Labute approximate surface area is 113 Å². The summed E-state index contributed by atoms with van der Waals surface area (Å²) >= 11 is 0. The Balaban J connectivity index is 2.12. The molecule has 5 heteroatoms. The first-order valence-corrected chi connectivity index (χ1v) is 7.31. The molecule has 2 unspecified atom stereocenters. The summed E-state index contributed by atoms with van der Waals surface area (Å²) in [5.41, 5.74) is 9.30. The van der Waals surface area contributed by atoms with E-state index in [-0.39, 0.29) is 0 Å². The van der Waals surface area contributed by atoms with Gasteiger partial charge in [0.05, 0.1) is 5.69 Å². The van der Waals surface area contributed by atoms with Crippen molar-refractivity contribution in [1.29, 1.82) is 0 Å². The van der Waals surface area contributed by atoms with Crippen LogP contribution < -0.4 is 5.73 Å². The average Bonchev–Trinajstić information content (AvgIpc) is 2.86. The second-order valence-electron chi connectivity index (χ2n) is 5.86. The van der Waals surface area contributed by atoms with Crippen LogP contribution in [0.4, 0.5) is 5.95 Å². The molecular weight excluding hydrogens is 238 g/mol. The summed E-state index contributed by atoms with van der Waals surface area (Å²) in [7, 11) is 1.99. The molecule has 2 aromatic heterocycles. The Morgan fingerprint density at radius 2 is 2.16 bits per heavy atom. The van der Waals surface area contributed by atoms with Gasteiger partial charge >= 0.3 is 0 Å². The van der Waals surface area contributed by atoms with E-state index in [4.69, 9.17) is 5.73 Å². The lowest BCUT2D eigenvalue weighted by molar-refractivity contribution is 0.287. The van der Waals surface area contributed by atoms with E-state index in [2.05, 4.69) is 28.5 Å². The van der Waals surface area contributed by atoms with Gasteiger partial charge in [0.2, 0.25) is 5.95 Å². The van der Waals surface area contributed by atoms with Gasteiger partial charge < -0.3 is 5.73 Å². The number of imidazole rings is 1. The molecular formula is C14H23N5. The summed E-state index contributed by atoms with van der Waals surface area (Å²) in [6.45, 7) is 4.44. The fourth-order valence-electron chi connectivity index (χ4n) is 3.45. The maximum atomic E-state index is 6.18. The van der Waals surface area contributed by atoms with Crippen LogP contribution in [-0.2, 0) is 13.5 Å². The molecule has 0 bridgehead atoms. The molecule has 19 heavy (non-hydrogen) atoms. The van der Waals surface area contributed by atoms with E-state index in [1.165, 1.54) is 25.7 Å². The molecule has 0 aromatic carbocycles. The van der Waals surface area contributed by atoms with Gasteiger partial charge in [-0.2, -0.15) is 5.10 Å². The summed E-state index contributed by atoms with van der Waals surface area (Å²) in [4.78, 5) is 4.56. The van der Waals surface area contributed by atoms with Crippen LogP contribution in [-0.4, -0.2) is 19.3 Å². The van der Waals surface area contributed by atoms with Crippen molar-refractivity contribution in [3.05, 3.63) is 5.69 Å². The summed E-state index contributed by atoms with van der Waals surface area (Å²) in [6, 6.07) is 0.480. The van der Waals surface area contributed by atoms with E-state index >= 15 is 0 Å². The van der Waals surface area contributed by atoms with Gasteiger partial charge in [0, 0.05) is 13.1 Å². The van der Waals surface area contributed by atoms with E-state index in [1.807, 2.05) is 11.7 Å². The third-order valence-corrected chi connectivity index (χ3v) is 4.37. The number of hydrogen-bond donors (Lipinski definition) is 1. The fraction of sp³-hybridized carbons (Fsp3) is 0.714. The predicted molar refractivity (Wildman–Crippen MR) is 77.0 cm³/mol. The highest BCUT2D eigenvalue weighted by Crippen LogP contribution is 2.36. The highest BCUT2D eigenvalue weighted by Gasteiger charge is 2.26. The first kappa shape index (κ1) is 12.5. The van der Waals surface area contributed by atoms with Gasteiger partial charge in [0.15, 0.2) is 5.65 Å². The van der Waals surface area contributed by atoms with Crippen LogP contribution in [0.2, 0.25) is 0 Å². The normalized spacial score (nSPS) is 24.2. The number of nitrogen functional groups attached to an aromatic ring is 1. The fourth-order valence-corrected chi connectivity index (χ4v) is 3.45. The van der Waals surface area contributed by atoms with Crippen LogP contribution in [0.1, 0.15) is 51.3 Å². The van der Waals surface area contributed by atoms with E-state index in [9.17, 15) is 0 Å². The molecule has 0 saturated heterocycles. The van der Waals surface area contributed by atoms with Gasteiger partial charge in [-0.25, -0.2) is 4.98 Å². The number of anilines is 1. The minimum absolute atomic E-state index is 0.480. The van der Waals surface area contributed by atoms with Crippen molar-refractivity contribution in [2.45, 2.75) is 52.0 Å². The van der Waals surface area contributed by atoms with E-state index < -0.39 is 0 Å². The van der Waals surface area contributed by atoms with Crippen LogP contribution in [0, 0.1) is 5.92 Å². The zero-order valence-corrected chi connectivity index (χ0v) is 12.1. The molecule has 2 N–H and O–H groups in total. The van der Waals surface area contributed by atoms with Crippen molar-refractivity contribution in [2.75, 3.05) is 5.73 Å². The lowest BCUT2D eigenvalue weighted by atomic mass is 9.87. The summed E-state index contributed by atoms with van der Waals surface area (Å²) in [5.74, 6) is 1.42. The van der Waals surface area contributed by atoms with Crippen molar-refractivity contribution >= 4 is 17.1 Å². The van der Waals surface area contributed by atoms with Crippen LogP contribution in [0.15, 0.2) is 0 Å². The summed E-state index contributed by atoms with van der Waals surface area (Å²) < 4.78 is 4.16. The molecule has 1 fully saturated rings. The largest absolute Gasteiger partial charge is 0.369 e. The van der Waals surface area contributed by atoms with Crippen LogP contribution >= 0.6 is 0 Å². The second kappa shape index (κ2) is 4.54. The molecule has 5 nitrogen and oxygen atoms in total. The Hall–Kier alpha value is -1.52. The minimum Gasteiger partial charge on any atom is -0.369 e. The molecule has 1 aliphatic carbocycles. The molecule has 0 amide bonds. The average molecular weight is 261 g/mol. The van der Waals surface area contributed by atoms with E-state index in [0.717, 1.165) is 29.2 Å². The molecule has 2 atom stereocenters. The Morgan fingerprint density at radius 3 is 2.84 bits per heavy atom. The number of rotatable bonds is 2. The SMILES string of the molecule is CCc1nn(C)c2c1nc(N)n2C1CCCC(C)C1. The van der Waals surface area contributed by atoms with Gasteiger partial charge in [-0.1, -0.05) is 26.7 Å². The standard InChI is InChI=1S/C14H23N5/c1-4-11-12-13(18(3)17-11)19(14(15)16-12)10-7-5-6-9(2)8-10/h9-10H,4-8H2,1-3H3,(H2,15,16). The van der Waals surface area contributed by atoms with Gasteiger partial charge in [-0.15, -0.1) is 0 Å². The molecule has 0 spiro atoms. The third-order valence-electron chi connectivity index (χ3n) is 4.37. The molecule has 3 rings (SSSR count). The highest BCUT2D eigenvalue weighted by molar-refractivity contribution is 5.78. The quantitative estimate of drug-likeness (QED) is 0.904. The number of fused-ring (bicyclic) bond motifs is 1. The van der Waals surface area contributed by atoms with Crippen molar-refractivity contribution in [3.8, 4) is 0 Å². The van der Waals surface area contributed by atoms with Crippen LogP contribution in [0.5, 0.6) is 0 Å². The van der Waals surface area contributed by atoms with Gasteiger partial charge in [0.1, 0.15) is 5.52 Å². The first-order valence-electron chi connectivity index (χ1n) is 7.31. The molecule has 0 radical (unpaired) electrons. The van der Waals surface area contributed by atoms with Crippen LogP contribution in [0.3, 0.4) is 0 Å². The Bertz CT molecular complexity index is 595. The molecule has 1 aliphatic rings. The van der Waals surface area contributed by atoms with E-state index in [0.29, 0.717) is 12.0 Å². The number of aromatic nitrogens is 4. The van der Waals surface area contributed by atoms with Gasteiger partial charge in [0.25, 0.3) is 0 Å². The zero-order chi connectivity index (χ0) is 13.6. The molecule has 2 heterocycles. The van der Waals surface area contributed by atoms with Crippen molar-refractivity contribution in [3.63, 3.8) is 0 Å². The van der Waals surface area contributed by atoms with Crippen molar-refractivity contribution in [1.82, 2.24) is 19.3 Å². The van der Waals surface area contributed by atoms with Gasteiger partial charge in [-0.05, 0) is 25.2 Å². The number of nitrogens with zero attached hydrogens (tertiary/aromatic N) is 4. The molecule has 2 aromatic rings.